The highest BCUT2D eigenvalue weighted by atomic mass is 16.5. The molecule has 0 bridgehead atoms. The molecule has 1 amide bonds. The van der Waals surface area contributed by atoms with Gasteiger partial charge in [-0.3, -0.25) is 4.79 Å². The van der Waals surface area contributed by atoms with Crippen LogP contribution in [0.25, 0.3) is 0 Å². The average Bonchev–Trinajstić information content (AvgIpc) is 2.81. The molecule has 1 rings (SSSR count). The maximum atomic E-state index is 12.3. The van der Waals surface area contributed by atoms with Gasteiger partial charge in [-0.05, 0) is 18.1 Å². The van der Waals surface area contributed by atoms with Crippen molar-refractivity contribution in [2.75, 3.05) is 26.8 Å². The first-order valence-electron chi connectivity index (χ1n) is 6.45. The Bertz CT molecular complexity index is 371. The van der Waals surface area contributed by atoms with Gasteiger partial charge in [-0.25, -0.2) is 0 Å². The molecular weight excluding hydrogens is 230 g/mol. The van der Waals surface area contributed by atoms with Gasteiger partial charge in [0, 0.05) is 26.6 Å². The molecule has 1 aromatic heterocycles. The standard InChI is InChI=1S/C14H23NO3/c1-5-12-6-7-13(18-12)14(16)15(8-9-17-4)10-11(2)3/h6-7,11H,5,8-10H2,1-4H3. The van der Waals surface area contributed by atoms with Crippen LogP contribution in [0.15, 0.2) is 16.5 Å². The topological polar surface area (TPSA) is 42.7 Å². The molecule has 0 saturated carbocycles. The number of ether oxygens (including phenoxy) is 1. The highest BCUT2D eigenvalue weighted by molar-refractivity contribution is 5.91. The molecule has 0 aliphatic carbocycles. The molecule has 0 aromatic carbocycles. The van der Waals surface area contributed by atoms with Crippen molar-refractivity contribution in [3.8, 4) is 0 Å². The summed E-state index contributed by atoms with van der Waals surface area (Å²) in [4.78, 5) is 14.1. The summed E-state index contributed by atoms with van der Waals surface area (Å²) in [6.07, 6.45) is 0.801. The minimum atomic E-state index is -0.0551. The van der Waals surface area contributed by atoms with E-state index >= 15 is 0 Å². The van der Waals surface area contributed by atoms with Crippen LogP contribution >= 0.6 is 0 Å². The number of hydrogen-bond donors (Lipinski definition) is 0. The van der Waals surface area contributed by atoms with Crippen molar-refractivity contribution in [3.63, 3.8) is 0 Å². The summed E-state index contributed by atoms with van der Waals surface area (Å²) in [6, 6.07) is 3.61. The lowest BCUT2D eigenvalue weighted by Gasteiger charge is -2.23. The summed E-state index contributed by atoms with van der Waals surface area (Å²) >= 11 is 0. The Kier molecular flexibility index (Phi) is 5.92. The van der Waals surface area contributed by atoms with E-state index in [4.69, 9.17) is 9.15 Å². The Labute approximate surface area is 109 Å². The highest BCUT2D eigenvalue weighted by Gasteiger charge is 2.19. The first-order valence-corrected chi connectivity index (χ1v) is 6.45. The zero-order chi connectivity index (χ0) is 13.5. The van der Waals surface area contributed by atoms with Gasteiger partial charge in [0.15, 0.2) is 5.76 Å². The van der Waals surface area contributed by atoms with Crippen LogP contribution in [0.4, 0.5) is 0 Å². The molecule has 1 aromatic rings. The Morgan fingerprint density at radius 2 is 2.17 bits per heavy atom. The number of nitrogens with zero attached hydrogens (tertiary/aromatic N) is 1. The van der Waals surface area contributed by atoms with Crippen molar-refractivity contribution in [2.24, 2.45) is 5.92 Å². The van der Waals surface area contributed by atoms with Crippen molar-refractivity contribution in [1.29, 1.82) is 0 Å². The zero-order valence-electron chi connectivity index (χ0n) is 11.7. The van der Waals surface area contributed by atoms with Crippen LogP contribution < -0.4 is 0 Å². The lowest BCUT2D eigenvalue weighted by Crippen LogP contribution is -2.36. The van der Waals surface area contributed by atoms with Crippen molar-refractivity contribution in [2.45, 2.75) is 27.2 Å². The number of methoxy groups -OCH3 is 1. The zero-order valence-corrected chi connectivity index (χ0v) is 11.7. The number of aryl methyl sites for hydroxylation is 1. The van der Waals surface area contributed by atoms with Gasteiger partial charge >= 0.3 is 0 Å². The Morgan fingerprint density at radius 1 is 1.44 bits per heavy atom. The molecule has 0 radical (unpaired) electrons. The van der Waals surface area contributed by atoms with Crippen molar-refractivity contribution in [3.05, 3.63) is 23.7 Å². The Balaban J connectivity index is 2.73. The minimum Gasteiger partial charge on any atom is -0.456 e. The van der Waals surface area contributed by atoms with Gasteiger partial charge in [-0.2, -0.15) is 0 Å². The number of rotatable bonds is 7. The number of hydrogen-bond acceptors (Lipinski definition) is 3. The molecule has 0 spiro atoms. The number of amides is 1. The molecule has 0 saturated heterocycles. The quantitative estimate of drug-likeness (QED) is 0.750. The molecule has 4 nitrogen and oxygen atoms in total. The number of furan rings is 1. The van der Waals surface area contributed by atoms with E-state index < -0.39 is 0 Å². The van der Waals surface area contributed by atoms with Crippen LogP contribution in [0.2, 0.25) is 0 Å². The van der Waals surface area contributed by atoms with E-state index in [1.54, 1.807) is 18.1 Å². The fourth-order valence-corrected chi connectivity index (χ4v) is 1.76. The molecule has 0 aliphatic rings. The van der Waals surface area contributed by atoms with Gasteiger partial charge < -0.3 is 14.1 Å². The lowest BCUT2D eigenvalue weighted by atomic mass is 10.2. The first-order chi connectivity index (χ1) is 8.58. The van der Waals surface area contributed by atoms with Crippen molar-refractivity contribution in [1.82, 2.24) is 4.90 Å². The van der Waals surface area contributed by atoms with E-state index in [9.17, 15) is 4.79 Å². The minimum absolute atomic E-state index is 0.0551. The van der Waals surface area contributed by atoms with Crippen LogP contribution in [-0.2, 0) is 11.2 Å². The summed E-state index contributed by atoms with van der Waals surface area (Å²) in [5.74, 6) is 1.63. The van der Waals surface area contributed by atoms with E-state index in [1.165, 1.54) is 0 Å². The summed E-state index contributed by atoms with van der Waals surface area (Å²) in [5.41, 5.74) is 0. The molecule has 18 heavy (non-hydrogen) atoms. The monoisotopic (exact) mass is 253 g/mol. The summed E-state index contributed by atoms with van der Waals surface area (Å²) in [7, 11) is 1.64. The van der Waals surface area contributed by atoms with Crippen molar-refractivity contribution >= 4 is 5.91 Å². The van der Waals surface area contributed by atoms with Crippen LogP contribution in [-0.4, -0.2) is 37.6 Å². The first kappa shape index (κ1) is 14.8. The predicted molar refractivity (Wildman–Crippen MR) is 70.7 cm³/mol. The van der Waals surface area contributed by atoms with Crippen LogP contribution in [0, 0.1) is 5.92 Å². The molecule has 0 fully saturated rings. The summed E-state index contributed by atoms with van der Waals surface area (Å²) in [6.45, 7) is 8.03. The van der Waals surface area contributed by atoms with Gasteiger partial charge in [0.25, 0.3) is 5.91 Å². The fourth-order valence-electron chi connectivity index (χ4n) is 1.76. The molecule has 1 heterocycles. The van der Waals surface area contributed by atoms with Crippen molar-refractivity contribution < 1.29 is 13.9 Å². The van der Waals surface area contributed by atoms with Gasteiger partial charge in [-0.15, -0.1) is 0 Å². The fraction of sp³-hybridized carbons (Fsp3) is 0.643. The molecule has 0 atom stereocenters. The highest BCUT2D eigenvalue weighted by Crippen LogP contribution is 2.12. The summed E-state index contributed by atoms with van der Waals surface area (Å²) in [5, 5.41) is 0. The molecule has 4 heteroatoms. The molecular formula is C14H23NO3. The van der Waals surface area contributed by atoms with E-state index in [1.807, 2.05) is 13.0 Å². The Hall–Kier alpha value is -1.29. The second kappa shape index (κ2) is 7.21. The van der Waals surface area contributed by atoms with Gasteiger partial charge in [0.05, 0.1) is 6.61 Å². The molecule has 0 N–H and O–H groups in total. The van der Waals surface area contributed by atoms with E-state index in [0.717, 1.165) is 12.2 Å². The van der Waals surface area contributed by atoms with Crippen LogP contribution in [0.3, 0.4) is 0 Å². The third-order valence-corrected chi connectivity index (χ3v) is 2.66. The maximum absolute atomic E-state index is 12.3. The number of carbonyl (C=O) groups is 1. The normalized spacial score (nSPS) is 10.9. The third kappa shape index (κ3) is 4.18. The van der Waals surface area contributed by atoms with Gasteiger partial charge in [0.1, 0.15) is 5.76 Å². The van der Waals surface area contributed by atoms with E-state index in [-0.39, 0.29) is 5.91 Å². The molecule has 102 valence electrons. The SMILES string of the molecule is CCc1ccc(C(=O)N(CCOC)CC(C)C)o1. The third-order valence-electron chi connectivity index (χ3n) is 2.66. The predicted octanol–water partition coefficient (Wildman–Crippen LogP) is 2.59. The number of carbonyl (C=O) groups excluding carboxylic acids is 1. The van der Waals surface area contributed by atoms with E-state index in [2.05, 4.69) is 13.8 Å². The Morgan fingerprint density at radius 3 is 2.67 bits per heavy atom. The van der Waals surface area contributed by atoms with Crippen LogP contribution in [0.5, 0.6) is 0 Å². The lowest BCUT2D eigenvalue weighted by molar-refractivity contribution is 0.0640. The smallest absolute Gasteiger partial charge is 0.289 e. The molecule has 0 unspecified atom stereocenters. The van der Waals surface area contributed by atoms with E-state index in [0.29, 0.717) is 31.4 Å². The second-order valence-electron chi connectivity index (χ2n) is 4.76. The van der Waals surface area contributed by atoms with Gasteiger partial charge in [-0.1, -0.05) is 20.8 Å². The van der Waals surface area contributed by atoms with Gasteiger partial charge in [0.2, 0.25) is 0 Å². The largest absolute Gasteiger partial charge is 0.456 e. The average molecular weight is 253 g/mol. The maximum Gasteiger partial charge on any atom is 0.289 e. The molecule has 0 aliphatic heterocycles. The summed E-state index contributed by atoms with van der Waals surface area (Å²) < 4.78 is 10.5. The second-order valence-corrected chi connectivity index (χ2v) is 4.76. The van der Waals surface area contributed by atoms with Crippen LogP contribution in [0.1, 0.15) is 37.1 Å².